The van der Waals surface area contributed by atoms with E-state index in [4.69, 9.17) is 0 Å². The van der Waals surface area contributed by atoms with Gasteiger partial charge in [-0.15, -0.1) is 0 Å². The molecule has 0 heterocycles. The molecule has 1 atom stereocenters. The Morgan fingerprint density at radius 2 is 0.939 bits per heavy atom. The Bertz CT molecular complexity index is 848. The van der Waals surface area contributed by atoms with Gasteiger partial charge in [0.15, 0.2) is 0 Å². The standard InChI is InChI=1S/C19H19F13O/c1-12(2,3)10-7-5-6-8-11(10)13(4,33)9-14(20,21)15(22,23)16(24,25)17(26,27)18(28,29)19(30,31)32/h5-8,33H,9H2,1-4H3. The fraction of sp³-hybridized carbons (Fsp3) is 0.684. The molecule has 192 valence electrons. The molecule has 1 rings (SSSR count). The first kappa shape index (κ1) is 29.3. The van der Waals surface area contributed by atoms with Crippen molar-refractivity contribution in [2.24, 2.45) is 0 Å². The highest BCUT2D eigenvalue weighted by Gasteiger charge is 2.90. The SMILES string of the molecule is CC(C)(C)c1ccccc1C(C)(O)CC(F)(F)C(F)(F)C(F)(F)C(F)(F)C(F)(F)C(F)(F)F. The number of aliphatic hydroxyl groups is 1. The predicted octanol–water partition coefficient (Wildman–Crippen LogP) is 7.32. The molecule has 0 fully saturated rings. The maximum atomic E-state index is 14.3. The molecule has 0 aromatic heterocycles. The summed E-state index contributed by atoms with van der Waals surface area (Å²) in [6.07, 6.45) is -10.2. The lowest BCUT2D eigenvalue weighted by Gasteiger charge is -2.41. The third-order valence-electron chi connectivity index (χ3n) is 4.88. The highest BCUT2D eigenvalue weighted by molar-refractivity contribution is 5.37. The van der Waals surface area contributed by atoms with Crippen LogP contribution in [-0.2, 0) is 11.0 Å². The van der Waals surface area contributed by atoms with E-state index < -0.39 is 58.8 Å². The van der Waals surface area contributed by atoms with Crippen LogP contribution < -0.4 is 0 Å². The zero-order valence-electron chi connectivity index (χ0n) is 17.4. The zero-order valence-corrected chi connectivity index (χ0v) is 17.4. The Kier molecular flexibility index (Phi) is 7.02. The van der Waals surface area contributed by atoms with Gasteiger partial charge in [-0.2, -0.15) is 57.1 Å². The molecule has 0 spiro atoms. The van der Waals surface area contributed by atoms with Gasteiger partial charge in [-0.25, -0.2) is 0 Å². The normalized spacial score (nSPS) is 17.2. The van der Waals surface area contributed by atoms with Gasteiger partial charge >= 0.3 is 35.8 Å². The summed E-state index contributed by atoms with van der Waals surface area (Å²) >= 11 is 0. The second kappa shape index (κ2) is 7.91. The van der Waals surface area contributed by atoms with Crippen LogP contribution in [0.4, 0.5) is 57.1 Å². The van der Waals surface area contributed by atoms with Gasteiger partial charge in [0.05, 0.1) is 12.0 Å². The molecule has 0 bridgehead atoms. The molecule has 1 aromatic carbocycles. The van der Waals surface area contributed by atoms with Gasteiger partial charge in [0.1, 0.15) is 0 Å². The molecule has 1 unspecified atom stereocenters. The summed E-state index contributed by atoms with van der Waals surface area (Å²) in [5.41, 5.74) is -4.53. The van der Waals surface area contributed by atoms with Crippen molar-refractivity contribution in [2.45, 2.75) is 80.9 Å². The molecule has 0 aliphatic heterocycles. The van der Waals surface area contributed by atoms with Gasteiger partial charge in [-0.3, -0.25) is 0 Å². The van der Waals surface area contributed by atoms with Crippen LogP contribution in [0.2, 0.25) is 0 Å². The van der Waals surface area contributed by atoms with E-state index in [-0.39, 0.29) is 5.56 Å². The van der Waals surface area contributed by atoms with E-state index in [1.54, 1.807) is 0 Å². The lowest BCUT2D eigenvalue weighted by atomic mass is 9.76. The smallest absolute Gasteiger partial charge is 0.385 e. The first-order chi connectivity index (χ1) is 14.2. The second-order valence-electron chi connectivity index (χ2n) is 8.75. The summed E-state index contributed by atoms with van der Waals surface area (Å²) < 4.78 is 173. The van der Waals surface area contributed by atoms with Crippen molar-refractivity contribution in [2.75, 3.05) is 0 Å². The Morgan fingerprint density at radius 3 is 1.30 bits per heavy atom. The lowest BCUT2D eigenvalue weighted by Crippen LogP contribution is -2.70. The molecule has 1 N–H and O–H groups in total. The van der Waals surface area contributed by atoms with Crippen LogP contribution in [0.5, 0.6) is 0 Å². The van der Waals surface area contributed by atoms with Crippen molar-refractivity contribution in [1.82, 2.24) is 0 Å². The number of halogens is 13. The van der Waals surface area contributed by atoms with E-state index in [1.807, 2.05) is 0 Å². The molecule has 1 nitrogen and oxygen atoms in total. The van der Waals surface area contributed by atoms with Gasteiger partial charge in [-0.1, -0.05) is 45.0 Å². The quantitative estimate of drug-likeness (QED) is 0.381. The average Bonchev–Trinajstić information content (AvgIpc) is 2.58. The largest absolute Gasteiger partial charge is 0.460 e. The molecule has 14 heteroatoms. The monoisotopic (exact) mass is 510 g/mol. The molecule has 0 saturated carbocycles. The number of alkyl halides is 13. The summed E-state index contributed by atoms with van der Waals surface area (Å²) in [5.74, 6) is -37.5. The minimum Gasteiger partial charge on any atom is -0.385 e. The molecule has 0 amide bonds. The van der Waals surface area contributed by atoms with E-state index in [0.29, 0.717) is 6.92 Å². The van der Waals surface area contributed by atoms with Crippen molar-refractivity contribution in [3.8, 4) is 0 Å². The third kappa shape index (κ3) is 4.63. The van der Waals surface area contributed by atoms with Gasteiger partial charge in [0.25, 0.3) is 0 Å². The third-order valence-corrected chi connectivity index (χ3v) is 4.88. The Labute approximate surface area is 179 Å². The average molecular weight is 510 g/mol. The lowest BCUT2D eigenvalue weighted by molar-refractivity contribution is -0.441. The summed E-state index contributed by atoms with van der Waals surface area (Å²) in [6, 6.07) is 4.69. The molecule has 0 aliphatic rings. The van der Waals surface area contributed by atoms with E-state index >= 15 is 0 Å². The molecule has 33 heavy (non-hydrogen) atoms. The molecule has 1 aromatic rings. The fourth-order valence-electron chi connectivity index (χ4n) is 3.05. The first-order valence-corrected chi connectivity index (χ1v) is 8.96. The predicted molar refractivity (Wildman–Crippen MR) is 90.1 cm³/mol. The highest BCUT2D eigenvalue weighted by Crippen LogP contribution is 2.61. The van der Waals surface area contributed by atoms with Crippen LogP contribution in [-0.4, -0.2) is 40.9 Å². The van der Waals surface area contributed by atoms with Crippen LogP contribution in [0.15, 0.2) is 24.3 Å². The maximum absolute atomic E-state index is 14.3. The van der Waals surface area contributed by atoms with Crippen molar-refractivity contribution in [3.63, 3.8) is 0 Å². The summed E-state index contributed by atoms with van der Waals surface area (Å²) in [6.45, 7) is 4.91. The second-order valence-corrected chi connectivity index (χ2v) is 8.75. The van der Waals surface area contributed by atoms with E-state index in [2.05, 4.69) is 0 Å². The topological polar surface area (TPSA) is 20.2 Å². The summed E-state index contributed by atoms with van der Waals surface area (Å²) in [5, 5.41) is 10.4. The maximum Gasteiger partial charge on any atom is 0.460 e. The molecule has 0 radical (unpaired) electrons. The first-order valence-electron chi connectivity index (χ1n) is 8.96. The van der Waals surface area contributed by atoms with Crippen molar-refractivity contribution in [3.05, 3.63) is 35.4 Å². The van der Waals surface area contributed by atoms with Crippen LogP contribution in [0.25, 0.3) is 0 Å². The molecular formula is C19H19F13O. The Morgan fingerprint density at radius 1 is 0.576 bits per heavy atom. The Hall–Kier alpha value is -1.73. The summed E-state index contributed by atoms with van der Waals surface area (Å²) in [4.78, 5) is 0. The van der Waals surface area contributed by atoms with E-state index in [0.717, 1.165) is 12.1 Å². The van der Waals surface area contributed by atoms with E-state index in [9.17, 15) is 62.2 Å². The van der Waals surface area contributed by atoms with Gasteiger partial charge < -0.3 is 5.11 Å². The fourth-order valence-corrected chi connectivity index (χ4v) is 3.05. The summed E-state index contributed by atoms with van der Waals surface area (Å²) in [7, 11) is 0. The van der Waals surface area contributed by atoms with Crippen molar-refractivity contribution >= 4 is 0 Å². The highest BCUT2D eigenvalue weighted by atomic mass is 19.4. The minimum atomic E-state index is -7.97. The van der Waals surface area contributed by atoms with Crippen molar-refractivity contribution in [1.29, 1.82) is 0 Å². The number of hydrogen-bond donors (Lipinski definition) is 1. The van der Waals surface area contributed by atoms with Gasteiger partial charge in [0.2, 0.25) is 0 Å². The zero-order chi connectivity index (χ0) is 26.7. The molecular weight excluding hydrogens is 491 g/mol. The molecule has 0 saturated heterocycles. The van der Waals surface area contributed by atoms with Crippen LogP contribution >= 0.6 is 0 Å². The minimum absolute atomic E-state index is 0.0508. The van der Waals surface area contributed by atoms with Gasteiger partial charge in [-0.05, 0) is 23.5 Å². The number of rotatable bonds is 7. The number of benzene rings is 1. The van der Waals surface area contributed by atoms with Crippen molar-refractivity contribution < 1.29 is 62.2 Å². The number of hydrogen-bond acceptors (Lipinski definition) is 1. The van der Waals surface area contributed by atoms with Crippen LogP contribution in [0.3, 0.4) is 0 Å². The molecule has 0 aliphatic carbocycles. The van der Waals surface area contributed by atoms with Crippen LogP contribution in [0.1, 0.15) is 45.2 Å². The van der Waals surface area contributed by atoms with Gasteiger partial charge in [0, 0.05) is 0 Å². The van der Waals surface area contributed by atoms with E-state index in [1.165, 1.54) is 32.9 Å². The Balaban J connectivity index is 3.57. The van der Waals surface area contributed by atoms with Crippen LogP contribution in [0, 0.1) is 0 Å².